The van der Waals surface area contributed by atoms with Crippen molar-refractivity contribution in [3.8, 4) is 0 Å². The Hall–Kier alpha value is -1.01. The Balaban J connectivity index is 2.41. The molecule has 0 bridgehead atoms. The number of aryl methyl sites for hydroxylation is 1. The third-order valence-corrected chi connectivity index (χ3v) is 1.47. The SMILES string of the molecule is CN(CCN)Cc1nnn(C)n1. The number of rotatable bonds is 4. The van der Waals surface area contributed by atoms with Crippen LogP contribution < -0.4 is 5.73 Å². The van der Waals surface area contributed by atoms with Crippen LogP contribution in [0.4, 0.5) is 0 Å². The van der Waals surface area contributed by atoms with Gasteiger partial charge in [0.25, 0.3) is 0 Å². The van der Waals surface area contributed by atoms with E-state index in [1.165, 1.54) is 4.80 Å². The summed E-state index contributed by atoms with van der Waals surface area (Å²) >= 11 is 0. The maximum Gasteiger partial charge on any atom is 0.188 e. The summed E-state index contributed by atoms with van der Waals surface area (Å²) in [5.41, 5.74) is 5.38. The Morgan fingerprint density at radius 1 is 1.58 bits per heavy atom. The van der Waals surface area contributed by atoms with Crippen molar-refractivity contribution in [2.75, 3.05) is 20.1 Å². The lowest BCUT2D eigenvalue weighted by Gasteiger charge is -2.11. The zero-order chi connectivity index (χ0) is 8.97. The van der Waals surface area contributed by atoms with Crippen LogP contribution in [0.1, 0.15) is 5.82 Å². The maximum absolute atomic E-state index is 5.38. The molecule has 0 atom stereocenters. The van der Waals surface area contributed by atoms with Crippen LogP contribution in [0.3, 0.4) is 0 Å². The van der Waals surface area contributed by atoms with E-state index in [-0.39, 0.29) is 0 Å². The van der Waals surface area contributed by atoms with E-state index in [1.54, 1.807) is 7.05 Å². The minimum atomic E-state index is 0.650. The minimum Gasteiger partial charge on any atom is -0.329 e. The lowest BCUT2D eigenvalue weighted by atomic mass is 10.5. The molecule has 0 aliphatic heterocycles. The average Bonchev–Trinajstić information content (AvgIpc) is 2.36. The molecule has 0 unspecified atom stereocenters. The predicted molar refractivity (Wildman–Crippen MR) is 44.2 cm³/mol. The van der Waals surface area contributed by atoms with Crippen LogP contribution in [0, 0.1) is 0 Å². The zero-order valence-electron chi connectivity index (χ0n) is 7.43. The maximum atomic E-state index is 5.38. The molecule has 6 heteroatoms. The van der Waals surface area contributed by atoms with E-state index in [0.29, 0.717) is 13.1 Å². The number of hydrogen-bond donors (Lipinski definition) is 1. The Morgan fingerprint density at radius 3 is 2.83 bits per heavy atom. The Bertz CT molecular complexity index is 232. The molecule has 6 nitrogen and oxygen atoms in total. The summed E-state index contributed by atoms with van der Waals surface area (Å²) in [7, 11) is 3.72. The molecule has 0 aliphatic rings. The highest BCUT2D eigenvalue weighted by molar-refractivity contribution is 4.75. The molecular formula is C6H14N6. The summed E-state index contributed by atoms with van der Waals surface area (Å²) in [4.78, 5) is 3.50. The first kappa shape index (κ1) is 9.08. The van der Waals surface area contributed by atoms with E-state index in [4.69, 9.17) is 5.73 Å². The van der Waals surface area contributed by atoms with Gasteiger partial charge in [-0.1, -0.05) is 0 Å². The van der Waals surface area contributed by atoms with Gasteiger partial charge in [-0.15, -0.1) is 10.2 Å². The van der Waals surface area contributed by atoms with E-state index in [2.05, 4.69) is 20.3 Å². The van der Waals surface area contributed by atoms with Crippen LogP contribution in [0.15, 0.2) is 0 Å². The summed E-state index contributed by atoms with van der Waals surface area (Å²) in [6.07, 6.45) is 0. The highest BCUT2D eigenvalue weighted by Crippen LogP contribution is 1.91. The molecule has 68 valence electrons. The fraction of sp³-hybridized carbons (Fsp3) is 0.833. The number of nitrogens with two attached hydrogens (primary N) is 1. The molecule has 12 heavy (non-hydrogen) atoms. The van der Waals surface area contributed by atoms with Crippen molar-refractivity contribution < 1.29 is 0 Å². The van der Waals surface area contributed by atoms with Gasteiger partial charge in [-0.2, -0.15) is 4.80 Å². The molecule has 0 radical (unpaired) electrons. The van der Waals surface area contributed by atoms with Crippen LogP contribution in [0.2, 0.25) is 0 Å². The van der Waals surface area contributed by atoms with Gasteiger partial charge in [0.1, 0.15) is 0 Å². The van der Waals surface area contributed by atoms with Crippen molar-refractivity contribution in [2.24, 2.45) is 12.8 Å². The molecule has 0 spiro atoms. The second-order valence-corrected chi connectivity index (χ2v) is 2.72. The molecule has 0 saturated carbocycles. The quantitative estimate of drug-likeness (QED) is 0.601. The van der Waals surface area contributed by atoms with E-state index >= 15 is 0 Å². The van der Waals surface area contributed by atoms with Crippen molar-refractivity contribution in [1.82, 2.24) is 25.1 Å². The van der Waals surface area contributed by atoms with Crippen molar-refractivity contribution in [2.45, 2.75) is 6.54 Å². The first-order valence-corrected chi connectivity index (χ1v) is 3.84. The minimum absolute atomic E-state index is 0.650. The van der Waals surface area contributed by atoms with Gasteiger partial charge in [0.05, 0.1) is 13.6 Å². The highest BCUT2D eigenvalue weighted by atomic mass is 15.6. The highest BCUT2D eigenvalue weighted by Gasteiger charge is 2.03. The molecule has 1 heterocycles. The van der Waals surface area contributed by atoms with Gasteiger partial charge in [-0.25, -0.2) is 0 Å². The second-order valence-electron chi connectivity index (χ2n) is 2.72. The summed E-state index contributed by atoms with van der Waals surface area (Å²) in [6.45, 7) is 2.19. The molecule has 0 saturated heterocycles. The molecule has 0 amide bonds. The van der Waals surface area contributed by atoms with Crippen molar-refractivity contribution in [3.05, 3.63) is 5.82 Å². The van der Waals surface area contributed by atoms with E-state index in [0.717, 1.165) is 12.4 Å². The average molecular weight is 170 g/mol. The standard InChI is InChI=1S/C6H14N6/c1-11(4-3-7)5-6-8-10-12(2)9-6/h3-5,7H2,1-2H3. The Labute approximate surface area is 71.3 Å². The van der Waals surface area contributed by atoms with Gasteiger partial charge in [-0.3, -0.25) is 4.90 Å². The van der Waals surface area contributed by atoms with Crippen LogP contribution >= 0.6 is 0 Å². The zero-order valence-corrected chi connectivity index (χ0v) is 7.43. The lowest BCUT2D eigenvalue weighted by Crippen LogP contribution is -2.25. The third kappa shape index (κ3) is 2.55. The van der Waals surface area contributed by atoms with Crippen LogP contribution in [0.25, 0.3) is 0 Å². The fourth-order valence-corrected chi connectivity index (χ4v) is 0.928. The Kier molecular flexibility index (Phi) is 3.12. The molecule has 1 aromatic rings. The first-order chi connectivity index (χ1) is 5.72. The monoisotopic (exact) mass is 170 g/mol. The second kappa shape index (κ2) is 4.13. The van der Waals surface area contributed by atoms with Gasteiger partial charge >= 0.3 is 0 Å². The third-order valence-electron chi connectivity index (χ3n) is 1.47. The van der Waals surface area contributed by atoms with Gasteiger partial charge < -0.3 is 5.73 Å². The van der Waals surface area contributed by atoms with Gasteiger partial charge in [-0.05, 0) is 12.3 Å². The van der Waals surface area contributed by atoms with E-state index < -0.39 is 0 Å². The first-order valence-electron chi connectivity index (χ1n) is 3.84. The van der Waals surface area contributed by atoms with Crippen molar-refractivity contribution >= 4 is 0 Å². The molecule has 0 aromatic carbocycles. The molecular weight excluding hydrogens is 156 g/mol. The van der Waals surface area contributed by atoms with Crippen molar-refractivity contribution in [1.29, 1.82) is 0 Å². The van der Waals surface area contributed by atoms with Crippen LogP contribution in [0.5, 0.6) is 0 Å². The van der Waals surface area contributed by atoms with Crippen LogP contribution in [-0.2, 0) is 13.6 Å². The largest absolute Gasteiger partial charge is 0.329 e. The van der Waals surface area contributed by atoms with Gasteiger partial charge in [0.2, 0.25) is 0 Å². The Morgan fingerprint density at radius 2 is 2.33 bits per heavy atom. The number of tetrazole rings is 1. The molecule has 0 fully saturated rings. The molecule has 1 aromatic heterocycles. The predicted octanol–water partition coefficient (Wildman–Crippen LogP) is -1.40. The normalized spacial score (nSPS) is 11.0. The fourth-order valence-electron chi connectivity index (χ4n) is 0.928. The number of aromatic nitrogens is 4. The number of hydrogen-bond acceptors (Lipinski definition) is 5. The summed E-state index contributed by atoms with van der Waals surface area (Å²) in [6, 6.07) is 0. The summed E-state index contributed by atoms with van der Waals surface area (Å²) in [5, 5.41) is 11.6. The number of likely N-dealkylation sites (N-methyl/N-ethyl adjacent to an activating group) is 1. The topological polar surface area (TPSA) is 72.9 Å². The van der Waals surface area contributed by atoms with Gasteiger partial charge in [0.15, 0.2) is 5.82 Å². The smallest absolute Gasteiger partial charge is 0.188 e. The lowest BCUT2D eigenvalue weighted by molar-refractivity contribution is 0.327. The molecule has 0 aliphatic carbocycles. The molecule has 1 rings (SSSR count). The van der Waals surface area contributed by atoms with E-state index in [9.17, 15) is 0 Å². The van der Waals surface area contributed by atoms with E-state index in [1.807, 2.05) is 7.05 Å². The number of nitrogens with zero attached hydrogens (tertiary/aromatic N) is 5. The summed E-state index contributed by atoms with van der Waals surface area (Å²) < 4.78 is 0. The van der Waals surface area contributed by atoms with Crippen LogP contribution in [-0.4, -0.2) is 45.2 Å². The molecule has 2 N–H and O–H groups in total. The van der Waals surface area contributed by atoms with Crippen molar-refractivity contribution in [3.63, 3.8) is 0 Å². The summed E-state index contributed by atoms with van der Waals surface area (Å²) in [5.74, 6) is 0.730. The van der Waals surface area contributed by atoms with Gasteiger partial charge in [0, 0.05) is 13.1 Å².